The minimum Gasteiger partial charge on any atom is -0.396 e. The molecule has 0 radical (unpaired) electrons. The summed E-state index contributed by atoms with van der Waals surface area (Å²) in [6, 6.07) is -0.841. The van der Waals surface area contributed by atoms with Crippen LogP contribution in [0.4, 0.5) is 0 Å². The van der Waals surface area contributed by atoms with Gasteiger partial charge in [0.15, 0.2) is 12.3 Å². The number of hydrogen-bond donors (Lipinski definition) is 1. The van der Waals surface area contributed by atoms with E-state index in [1.165, 1.54) is 5.06 Å². The number of aliphatic hydroxyl groups is 1. The molecule has 0 aromatic carbocycles. The van der Waals surface area contributed by atoms with Gasteiger partial charge in [-0.15, -0.1) is 0 Å². The SMILES string of the molecule is CCOP(=O)(CC(=O)N1O[C@H](CC(CC)CC)C(=O)N2[C@@H]1CN([C@@H]1CCN(CCCCO)C1)C(=O)[C@@H]2CC(C)(C)C)OCC. The molecule has 3 amide bonds. The van der Waals surface area contributed by atoms with Crippen molar-refractivity contribution in [2.45, 2.75) is 118 Å². The summed E-state index contributed by atoms with van der Waals surface area (Å²) in [6.45, 7) is 16.5. The Bertz CT molecular complexity index is 1010. The molecule has 1 N–H and O–H groups in total. The molecule has 3 rings (SSSR count). The molecule has 0 saturated carbocycles. The number of piperazine rings is 1. The van der Waals surface area contributed by atoms with Crippen LogP contribution in [0.25, 0.3) is 0 Å². The fourth-order valence-corrected chi connectivity index (χ4v) is 8.16. The molecule has 3 aliphatic rings. The second-order valence-corrected chi connectivity index (χ2v) is 15.6. The largest absolute Gasteiger partial charge is 0.396 e. The summed E-state index contributed by atoms with van der Waals surface area (Å²) in [7, 11) is -3.76. The van der Waals surface area contributed by atoms with E-state index < -0.39 is 38.0 Å². The van der Waals surface area contributed by atoms with E-state index in [-0.39, 0.29) is 55.6 Å². The Balaban J connectivity index is 2.00. The first-order chi connectivity index (χ1) is 20.8. The van der Waals surface area contributed by atoms with E-state index in [0.29, 0.717) is 19.4 Å². The number of unbranched alkanes of at least 4 members (excludes halogenated alkanes) is 1. The number of aliphatic hydroxyl groups excluding tert-OH is 1. The summed E-state index contributed by atoms with van der Waals surface area (Å²) in [5, 5.41) is 10.4. The lowest BCUT2D eigenvalue weighted by atomic mass is 9.85. The van der Waals surface area contributed by atoms with E-state index in [2.05, 4.69) is 18.7 Å². The highest BCUT2D eigenvalue weighted by Crippen LogP contribution is 2.48. The van der Waals surface area contributed by atoms with Crippen LogP contribution in [0.3, 0.4) is 0 Å². The summed E-state index contributed by atoms with van der Waals surface area (Å²) in [5.74, 6) is -0.767. The number of fused-ring (bicyclic) bond motifs is 1. The van der Waals surface area contributed by atoms with Gasteiger partial charge in [-0.2, -0.15) is 5.06 Å². The number of carbonyl (C=O) groups excluding carboxylic acids is 3. The number of hydrogen-bond acceptors (Lipinski definition) is 9. The average molecular weight is 645 g/mol. The Hall–Kier alpha value is -1.56. The highest BCUT2D eigenvalue weighted by molar-refractivity contribution is 7.54. The zero-order chi connectivity index (χ0) is 32.7. The summed E-state index contributed by atoms with van der Waals surface area (Å²) in [6.07, 6.45) is 2.60. The number of nitrogens with zero attached hydrogens (tertiary/aromatic N) is 4. The van der Waals surface area contributed by atoms with Gasteiger partial charge in [0.2, 0.25) is 5.91 Å². The van der Waals surface area contributed by atoms with E-state index in [4.69, 9.17) is 13.9 Å². The zero-order valence-corrected chi connectivity index (χ0v) is 28.9. The molecule has 0 spiro atoms. The van der Waals surface area contributed by atoms with Gasteiger partial charge in [-0.3, -0.25) is 23.8 Å². The Labute approximate surface area is 264 Å². The number of hydroxylamine groups is 2. The van der Waals surface area contributed by atoms with Gasteiger partial charge in [0.1, 0.15) is 12.2 Å². The molecular formula is C31H57N4O8P. The minimum atomic E-state index is -3.76. The first-order valence-corrected chi connectivity index (χ1v) is 18.4. The molecule has 0 aromatic heterocycles. The van der Waals surface area contributed by atoms with E-state index >= 15 is 0 Å². The lowest BCUT2D eigenvalue weighted by Gasteiger charge is -2.55. The summed E-state index contributed by atoms with van der Waals surface area (Å²) in [5.41, 5.74) is -0.280. The summed E-state index contributed by atoms with van der Waals surface area (Å²) in [4.78, 5) is 54.5. The molecule has 12 nitrogen and oxygen atoms in total. The van der Waals surface area contributed by atoms with Crippen LogP contribution in [0.15, 0.2) is 0 Å². The van der Waals surface area contributed by atoms with Crippen molar-refractivity contribution in [3.8, 4) is 0 Å². The van der Waals surface area contributed by atoms with E-state index in [1.807, 2.05) is 25.7 Å². The maximum atomic E-state index is 14.3. The van der Waals surface area contributed by atoms with Crippen LogP contribution in [0.5, 0.6) is 0 Å². The smallest absolute Gasteiger partial charge is 0.340 e. The molecule has 254 valence electrons. The van der Waals surface area contributed by atoms with Crippen molar-refractivity contribution in [2.24, 2.45) is 11.3 Å². The van der Waals surface area contributed by atoms with Crippen molar-refractivity contribution >= 4 is 25.3 Å². The molecule has 13 heteroatoms. The Morgan fingerprint density at radius 3 is 2.27 bits per heavy atom. The maximum Gasteiger partial charge on any atom is 0.340 e. The van der Waals surface area contributed by atoms with Crippen LogP contribution in [0.1, 0.15) is 93.4 Å². The van der Waals surface area contributed by atoms with Gasteiger partial charge in [0, 0.05) is 25.7 Å². The second kappa shape index (κ2) is 16.3. The van der Waals surface area contributed by atoms with E-state index in [1.54, 1.807) is 18.7 Å². The van der Waals surface area contributed by atoms with Crippen LogP contribution in [-0.4, -0.2) is 119 Å². The van der Waals surface area contributed by atoms with Crippen molar-refractivity contribution in [3.63, 3.8) is 0 Å². The molecule has 0 aliphatic carbocycles. The second-order valence-electron chi connectivity index (χ2n) is 13.5. The third-order valence-corrected chi connectivity index (χ3v) is 10.9. The molecule has 3 fully saturated rings. The Morgan fingerprint density at radius 2 is 1.70 bits per heavy atom. The molecule has 0 unspecified atom stereocenters. The topological polar surface area (TPSA) is 129 Å². The zero-order valence-electron chi connectivity index (χ0n) is 28.0. The van der Waals surface area contributed by atoms with Crippen LogP contribution in [-0.2, 0) is 32.8 Å². The highest BCUT2D eigenvalue weighted by Gasteiger charge is 2.55. The van der Waals surface area contributed by atoms with Gasteiger partial charge >= 0.3 is 7.60 Å². The van der Waals surface area contributed by atoms with Gasteiger partial charge in [-0.1, -0.05) is 47.5 Å². The molecule has 3 heterocycles. The number of likely N-dealkylation sites (tertiary alicyclic amines) is 1. The van der Waals surface area contributed by atoms with Crippen LogP contribution in [0, 0.1) is 11.3 Å². The molecule has 44 heavy (non-hydrogen) atoms. The van der Waals surface area contributed by atoms with E-state index in [0.717, 1.165) is 45.2 Å². The fraction of sp³-hybridized carbons (Fsp3) is 0.903. The lowest BCUT2D eigenvalue weighted by molar-refractivity contribution is -0.277. The van der Waals surface area contributed by atoms with Crippen molar-refractivity contribution in [3.05, 3.63) is 0 Å². The molecule has 3 aliphatic heterocycles. The van der Waals surface area contributed by atoms with Crippen LogP contribution >= 0.6 is 7.60 Å². The normalized spacial score (nSPS) is 25.3. The first-order valence-electron chi connectivity index (χ1n) is 16.6. The van der Waals surface area contributed by atoms with Gasteiger partial charge < -0.3 is 28.9 Å². The van der Waals surface area contributed by atoms with Gasteiger partial charge in [-0.05, 0) is 63.8 Å². The van der Waals surface area contributed by atoms with Gasteiger partial charge in [-0.25, -0.2) is 0 Å². The number of amides is 3. The van der Waals surface area contributed by atoms with Crippen molar-refractivity contribution in [1.29, 1.82) is 0 Å². The predicted molar refractivity (Wildman–Crippen MR) is 168 cm³/mol. The maximum absolute atomic E-state index is 14.3. The summed E-state index contributed by atoms with van der Waals surface area (Å²) < 4.78 is 24.3. The van der Waals surface area contributed by atoms with Gasteiger partial charge in [0.05, 0.1) is 19.8 Å². The first kappa shape index (κ1) is 36.9. The summed E-state index contributed by atoms with van der Waals surface area (Å²) >= 11 is 0. The molecule has 0 aromatic rings. The van der Waals surface area contributed by atoms with Crippen LogP contribution in [0.2, 0.25) is 0 Å². The third-order valence-electron chi connectivity index (χ3n) is 8.93. The Kier molecular flexibility index (Phi) is 13.7. The molecule has 0 bridgehead atoms. The predicted octanol–water partition coefficient (Wildman–Crippen LogP) is 3.87. The quantitative estimate of drug-likeness (QED) is 0.197. The minimum absolute atomic E-state index is 0.0754. The monoisotopic (exact) mass is 644 g/mol. The van der Waals surface area contributed by atoms with Crippen molar-refractivity contribution < 1.29 is 37.9 Å². The standard InChI is InChI=1S/C31H57N4O8P/c1-8-23(9-2)18-26-30(39)34-25(19-31(5,6)7)29(38)33(24-14-16-32(20-24)15-12-13-17-36)21-27(34)35(43-26)28(37)22-44(40,41-10-3)42-11-4/h23-27,36H,8-22H2,1-7H3/t24-,25+,26-,27+/m1/s1. The lowest BCUT2D eigenvalue weighted by Crippen LogP contribution is -2.75. The number of rotatable bonds is 16. The molecule has 4 atom stereocenters. The highest BCUT2D eigenvalue weighted by atomic mass is 31.2. The van der Waals surface area contributed by atoms with Crippen molar-refractivity contribution in [1.82, 2.24) is 19.8 Å². The van der Waals surface area contributed by atoms with Crippen LogP contribution < -0.4 is 0 Å². The molecule has 3 saturated heterocycles. The third kappa shape index (κ3) is 9.26. The Morgan fingerprint density at radius 1 is 1.05 bits per heavy atom. The number of carbonyl (C=O) groups is 3. The molecular weight excluding hydrogens is 587 g/mol. The van der Waals surface area contributed by atoms with E-state index in [9.17, 15) is 24.1 Å². The van der Waals surface area contributed by atoms with Gasteiger partial charge in [0.25, 0.3) is 11.8 Å². The fourth-order valence-electron chi connectivity index (χ4n) is 6.64. The van der Waals surface area contributed by atoms with Crippen molar-refractivity contribution in [2.75, 3.05) is 52.2 Å². The average Bonchev–Trinajstić information content (AvgIpc) is 3.42.